The maximum atomic E-state index is 13.1. The molecule has 164 valence electrons. The van der Waals surface area contributed by atoms with Gasteiger partial charge >= 0.3 is 6.18 Å². The fraction of sp³-hybridized carbons (Fsp3) is 0.333. The highest BCUT2D eigenvalue weighted by Crippen LogP contribution is 2.78. The van der Waals surface area contributed by atoms with Gasteiger partial charge in [-0.05, 0) is 56.5 Å². The molecule has 1 N–H and O–H groups in total. The molecule has 32 heavy (non-hydrogen) atoms. The lowest BCUT2D eigenvalue weighted by Crippen LogP contribution is -2.71. The van der Waals surface area contributed by atoms with Crippen molar-refractivity contribution in [3.05, 3.63) is 48.0 Å². The predicted molar refractivity (Wildman–Crippen MR) is 116 cm³/mol. The molecule has 0 spiro atoms. The van der Waals surface area contributed by atoms with Crippen molar-refractivity contribution in [2.45, 2.75) is 42.2 Å². The van der Waals surface area contributed by atoms with Gasteiger partial charge in [0.1, 0.15) is 0 Å². The van der Waals surface area contributed by atoms with Crippen LogP contribution in [-0.2, 0) is 4.79 Å². The number of carbonyl (C=O) groups excluding carboxylic acids is 2. The molecule has 0 unspecified atom stereocenters. The third kappa shape index (κ3) is 3.02. The fourth-order valence-electron chi connectivity index (χ4n) is 4.91. The molecule has 0 saturated heterocycles. The summed E-state index contributed by atoms with van der Waals surface area (Å²) in [5, 5.41) is 2.80. The molecule has 2 aromatic carbocycles. The van der Waals surface area contributed by atoms with Crippen molar-refractivity contribution in [1.29, 1.82) is 0 Å². The SMILES string of the molecule is CC#CCN1C(=O)c2ccccc2Sc2cc(NC(=O)C34CC(C(F)(F)F)(C3)C4)ccc21. The molecule has 6 rings (SSSR count). The lowest BCUT2D eigenvalue weighted by Gasteiger charge is -2.69. The number of rotatable bonds is 3. The highest BCUT2D eigenvalue weighted by atomic mass is 32.2. The summed E-state index contributed by atoms with van der Waals surface area (Å²) in [5.74, 6) is 5.22. The van der Waals surface area contributed by atoms with Crippen molar-refractivity contribution in [1.82, 2.24) is 0 Å². The fourth-order valence-corrected chi connectivity index (χ4v) is 6.03. The van der Waals surface area contributed by atoms with Gasteiger partial charge in [0.25, 0.3) is 5.91 Å². The summed E-state index contributed by atoms with van der Waals surface area (Å²) in [4.78, 5) is 29.1. The zero-order chi connectivity index (χ0) is 22.7. The van der Waals surface area contributed by atoms with Crippen LogP contribution in [-0.4, -0.2) is 24.5 Å². The molecule has 2 aromatic rings. The average Bonchev–Trinajstić information content (AvgIpc) is 2.77. The molecule has 2 bridgehead atoms. The third-order valence-corrected chi connectivity index (χ3v) is 7.74. The number of hydrogen-bond acceptors (Lipinski definition) is 3. The molecule has 0 atom stereocenters. The quantitative estimate of drug-likeness (QED) is 0.621. The summed E-state index contributed by atoms with van der Waals surface area (Å²) in [6.07, 6.45) is -4.67. The second kappa shape index (κ2) is 7.04. The predicted octanol–water partition coefficient (Wildman–Crippen LogP) is 5.49. The van der Waals surface area contributed by atoms with E-state index in [0.29, 0.717) is 16.9 Å². The largest absolute Gasteiger partial charge is 0.394 e. The number of benzene rings is 2. The number of fused-ring (bicyclic) bond motifs is 2. The number of nitrogens with one attached hydrogen (secondary N) is 1. The lowest BCUT2D eigenvalue weighted by atomic mass is 9.34. The van der Waals surface area contributed by atoms with Crippen LogP contribution in [0.1, 0.15) is 36.5 Å². The third-order valence-electron chi connectivity index (χ3n) is 6.62. The van der Waals surface area contributed by atoms with Gasteiger partial charge in [-0.3, -0.25) is 14.5 Å². The van der Waals surface area contributed by atoms with Gasteiger partial charge in [-0.15, -0.1) is 5.92 Å². The summed E-state index contributed by atoms with van der Waals surface area (Å²) >= 11 is 1.41. The van der Waals surface area contributed by atoms with Crippen molar-refractivity contribution in [2.75, 3.05) is 16.8 Å². The number of carbonyl (C=O) groups is 2. The van der Waals surface area contributed by atoms with Gasteiger partial charge in [0, 0.05) is 15.5 Å². The maximum absolute atomic E-state index is 13.1. The minimum Gasteiger partial charge on any atom is -0.326 e. The molecule has 3 saturated carbocycles. The van der Waals surface area contributed by atoms with E-state index in [9.17, 15) is 22.8 Å². The number of halogens is 3. The van der Waals surface area contributed by atoms with Crippen molar-refractivity contribution in [2.24, 2.45) is 10.8 Å². The first-order chi connectivity index (χ1) is 15.2. The van der Waals surface area contributed by atoms with Crippen LogP contribution in [0.15, 0.2) is 52.3 Å². The summed E-state index contributed by atoms with van der Waals surface area (Å²) in [6, 6.07) is 12.5. The second-order valence-corrected chi connectivity index (χ2v) is 9.73. The molecule has 0 radical (unpaired) electrons. The number of alkyl halides is 3. The Morgan fingerprint density at radius 2 is 1.88 bits per heavy atom. The first-order valence-corrected chi connectivity index (χ1v) is 11.0. The van der Waals surface area contributed by atoms with Gasteiger partial charge in [-0.1, -0.05) is 29.8 Å². The van der Waals surface area contributed by atoms with E-state index in [1.807, 2.05) is 12.1 Å². The van der Waals surface area contributed by atoms with Crippen LogP contribution in [0.5, 0.6) is 0 Å². The Morgan fingerprint density at radius 1 is 1.16 bits per heavy atom. The Hall–Kier alpha value is -2.92. The van der Waals surface area contributed by atoms with E-state index >= 15 is 0 Å². The minimum atomic E-state index is -4.25. The Labute approximate surface area is 187 Å². The van der Waals surface area contributed by atoms with Gasteiger partial charge in [0.05, 0.1) is 28.6 Å². The highest BCUT2D eigenvalue weighted by Gasteiger charge is 2.80. The van der Waals surface area contributed by atoms with Gasteiger partial charge in [0.2, 0.25) is 5.91 Å². The van der Waals surface area contributed by atoms with Gasteiger partial charge < -0.3 is 5.32 Å². The zero-order valence-corrected chi connectivity index (χ0v) is 18.0. The smallest absolute Gasteiger partial charge is 0.326 e. The Kier molecular flexibility index (Phi) is 4.61. The standard InChI is InChI=1S/C24H19F3N2O2S/c1-2-3-10-29-17-9-8-15(11-19(17)32-18-7-5-4-6-16(18)20(29)30)28-21(31)22-12-23(13-22,14-22)24(25,26)27/h4-9,11H,10,12-14H2,1H3,(H,28,31). The molecular weight excluding hydrogens is 437 g/mol. The van der Waals surface area contributed by atoms with E-state index in [2.05, 4.69) is 17.2 Å². The minimum absolute atomic E-state index is 0.139. The first-order valence-electron chi connectivity index (χ1n) is 10.2. The van der Waals surface area contributed by atoms with Crippen molar-refractivity contribution < 1.29 is 22.8 Å². The van der Waals surface area contributed by atoms with Crippen LogP contribution in [0.3, 0.4) is 0 Å². The van der Waals surface area contributed by atoms with Gasteiger partial charge in [0.15, 0.2) is 0 Å². The topological polar surface area (TPSA) is 49.4 Å². The molecule has 4 aliphatic rings. The van der Waals surface area contributed by atoms with Crippen LogP contribution in [0, 0.1) is 22.7 Å². The normalized spacial score (nSPS) is 25.2. The molecule has 1 aliphatic heterocycles. The molecule has 4 nitrogen and oxygen atoms in total. The molecule has 3 fully saturated rings. The lowest BCUT2D eigenvalue weighted by molar-refractivity contribution is -0.349. The van der Waals surface area contributed by atoms with Crippen LogP contribution in [0.25, 0.3) is 0 Å². The van der Waals surface area contributed by atoms with Gasteiger partial charge in [-0.2, -0.15) is 13.2 Å². The van der Waals surface area contributed by atoms with E-state index in [4.69, 9.17) is 0 Å². The number of hydrogen-bond donors (Lipinski definition) is 1. The average molecular weight is 456 g/mol. The second-order valence-electron chi connectivity index (χ2n) is 8.64. The van der Waals surface area contributed by atoms with Crippen molar-refractivity contribution in [3.63, 3.8) is 0 Å². The summed E-state index contributed by atoms with van der Waals surface area (Å²) in [7, 11) is 0. The zero-order valence-electron chi connectivity index (χ0n) is 17.2. The molecule has 8 heteroatoms. The Bertz CT molecular complexity index is 1190. The number of anilines is 2. The first kappa shape index (κ1) is 21.0. The van der Waals surface area contributed by atoms with Crippen LogP contribution in [0.2, 0.25) is 0 Å². The van der Waals surface area contributed by atoms with Crippen molar-refractivity contribution >= 4 is 35.0 Å². The monoisotopic (exact) mass is 456 g/mol. The molecule has 0 aromatic heterocycles. The molecule has 1 heterocycles. The van der Waals surface area contributed by atoms with Crippen molar-refractivity contribution in [3.8, 4) is 11.8 Å². The highest BCUT2D eigenvalue weighted by molar-refractivity contribution is 7.99. The van der Waals surface area contributed by atoms with E-state index in [0.717, 1.165) is 9.79 Å². The van der Waals surface area contributed by atoms with E-state index in [-0.39, 0.29) is 37.6 Å². The van der Waals surface area contributed by atoms with Crippen LogP contribution in [0.4, 0.5) is 24.5 Å². The molecular formula is C24H19F3N2O2S. The molecule has 3 aliphatic carbocycles. The van der Waals surface area contributed by atoms with E-state index in [1.165, 1.54) is 11.8 Å². The van der Waals surface area contributed by atoms with E-state index < -0.39 is 17.0 Å². The summed E-state index contributed by atoms with van der Waals surface area (Å²) < 4.78 is 39.3. The summed E-state index contributed by atoms with van der Waals surface area (Å²) in [6.45, 7) is 1.93. The van der Waals surface area contributed by atoms with E-state index in [1.54, 1.807) is 42.2 Å². The Morgan fingerprint density at radius 3 is 2.56 bits per heavy atom. The molecule has 2 amide bonds. The van der Waals surface area contributed by atoms with Crippen LogP contribution < -0.4 is 10.2 Å². The number of nitrogens with zero attached hydrogens (tertiary/aromatic N) is 1. The van der Waals surface area contributed by atoms with Gasteiger partial charge in [-0.25, -0.2) is 0 Å². The maximum Gasteiger partial charge on any atom is 0.394 e. The number of amides is 2. The van der Waals surface area contributed by atoms with Crippen LogP contribution >= 0.6 is 11.8 Å². The summed E-state index contributed by atoms with van der Waals surface area (Å²) in [5.41, 5.74) is -0.832. The Balaban J connectivity index is 1.42.